The van der Waals surface area contributed by atoms with Crippen molar-refractivity contribution >= 4 is 0 Å². The van der Waals surface area contributed by atoms with Crippen LogP contribution in [0.15, 0.2) is 12.4 Å². The van der Waals surface area contributed by atoms with Gasteiger partial charge in [-0.1, -0.05) is 20.8 Å². The predicted octanol–water partition coefficient (Wildman–Crippen LogP) is 2.24. The summed E-state index contributed by atoms with van der Waals surface area (Å²) in [7, 11) is 0. The molecule has 1 unspecified atom stereocenters. The monoisotopic (exact) mass is 152 g/mol. The van der Waals surface area contributed by atoms with E-state index in [1.807, 2.05) is 12.4 Å². The summed E-state index contributed by atoms with van der Waals surface area (Å²) in [5.74, 6) is 2.55. The normalized spacial score (nSPS) is 13.8. The summed E-state index contributed by atoms with van der Waals surface area (Å²) >= 11 is 0. The average molecular weight is 152 g/mol. The van der Waals surface area contributed by atoms with E-state index in [-0.39, 0.29) is 0 Å². The van der Waals surface area contributed by atoms with Gasteiger partial charge in [-0.3, -0.25) is 0 Å². The lowest BCUT2D eigenvalue weighted by Gasteiger charge is -2.12. The molecule has 1 N–H and O–H groups in total. The van der Waals surface area contributed by atoms with Crippen LogP contribution in [0.3, 0.4) is 0 Å². The van der Waals surface area contributed by atoms with E-state index in [9.17, 15) is 0 Å². The van der Waals surface area contributed by atoms with Crippen molar-refractivity contribution in [3.8, 4) is 0 Å². The number of hydrogen-bond donors (Lipinski definition) is 1. The Morgan fingerprint density at radius 2 is 2.18 bits per heavy atom. The van der Waals surface area contributed by atoms with Gasteiger partial charge in [0.05, 0.1) is 0 Å². The molecule has 0 bridgehead atoms. The second kappa shape index (κ2) is 3.56. The molecule has 0 aliphatic rings. The molecule has 1 aromatic rings. The maximum atomic E-state index is 4.18. The molecule has 0 amide bonds. The number of rotatable bonds is 3. The standard InChI is InChI=1S/C9H16N2/c1-7(2)8(3)6-9-10-4-5-11-9/h4-5,7-8H,6H2,1-3H3,(H,10,11). The Kier molecular flexibility index (Phi) is 2.69. The van der Waals surface area contributed by atoms with E-state index in [2.05, 4.69) is 30.7 Å². The van der Waals surface area contributed by atoms with Crippen LogP contribution in [0.4, 0.5) is 0 Å². The summed E-state index contributed by atoms with van der Waals surface area (Å²) in [6.45, 7) is 6.74. The molecule has 0 aliphatic carbocycles. The fraction of sp³-hybridized carbons (Fsp3) is 0.667. The molecule has 62 valence electrons. The van der Waals surface area contributed by atoms with Gasteiger partial charge < -0.3 is 4.98 Å². The number of aromatic amines is 1. The van der Waals surface area contributed by atoms with Crippen molar-refractivity contribution in [2.75, 3.05) is 0 Å². The van der Waals surface area contributed by atoms with Gasteiger partial charge in [-0.05, 0) is 11.8 Å². The molecule has 0 spiro atoms. The van der Waals surface area contributed by atoms with Crippen LogP contribution in [-0.4, -0.2) is 9.97 Å². The molecule has 0 saturated carbocycles. The van der Waals surface area contributed by atoms with Gasteiger partial charge in [-0.15, -0.1) is 0 Å². The number of imidazole rings is 1. The van der Waals surface area contributed by atoms with Crippen LogP contribution in [0, 0.1) is 11.8 Å². The molecule has 2 heteroatoms. The molecule has 0 saturated heterocycles. The third-order valence-corrected chi connectivity index (χ3v) is 2.21. The summed E-state index contributed by atoms with van der Waals surface area (Å²) in [6.07, 6.45) is 4.75. The molecule has 2 nitrogen and oxygen atoms in total. The molecular weight excluding hydrogens is 136 g/mol. The molecule has 0 aliphatic heterocycles. The summed E-state index contributed by atoms with van der Waals surface area (Å²) in [6, 6.07) is 0. The lowest BCUT2D eigenvalue weighted by Crippen LogP contribution is -2.08. The molecule has 1 atom stereocenters. The van der Waals surface area contributed by atoms with Crippen molar-refractivity contribution in [3.05, 3.63) is 18.2 Å². The molecule has 1 rings (SSSR count). The van der Waals surface area contributed by atoms with E-state index >= 15 is 0 Å². The number of aromatic nitrogens is 2. The molecule has 1 aromatic heterocycles. The zero-order valence-electron chi connectivity index (χ0n) is 7.46. The van der Waals surface area contributed by atoms with Gasteiger partial charge in [-0.2, -0.15) is 0 Å². The quantitative estimate of drug-likeness (QED) is 0.707. The van der Waals surface area contributed by atoms with Gasteiger partial charge in [0.25, 0.3) is 0 Å². The fourth-order valence-corrected chi connectivity index (χ4v) is 0.950. The van der Waals surface area contributed by atoms with Crippen LogP contribution >= 0.6 is 0 Å². The van der Waals surface area contributed by atoms with Crippen LogP contribution in [-0.2, 0) is 6.42 Å². The van der Waals surface area contributed by atoms with Crippen LogP contribution in [0.5, 0.6) is 0 Å². The van der Waals surface area contributed by atoms with Crippen LogP contribution in [0.25, 0.3) is 0 Å². The summed E-state index contributed by atoms with van der Waals surface area (Å²) in [5.41, 5.74) is 0. The minimum atomic E-state index is 0.709. The second-order valence-electron chi connectivity index (χ2n) is 3.46. The summed E-state index contributed by atoms with van der Waals surface area (Å²) in [5, 5.41) is 0. The predicted molar refractivity (Wildman–Crippen MR) is 46.3 cm³/mol. The van der Waals surface area contributed by atoms with Gasteiger partial charge in [0.2, 0.25) is 0 Å². The molecular formula is C9H16N2. The fourth-order valence-electron chi connectivity index (χ4n) is 0.950. The van der Waals surface area contributed by atoms with Gasteiger partial charge in [0.1, 0.15) is 5.82 Å². The van der Waals surface area contributed by atoms with Gasteiger partial charge in [-0.25, -0.2) is 4.98 Å². The Labute approximate surface area is 68.0 Å². The average Bonchev–Trinajstić information content (AvgIpc) is 2.39. The highest BCUT2D eigenvalue weighted by Crippen LogP contribution is 2.13. The third-order valence-electron chi connectivity index (χ3n) is 2.21. The van der Waals surface area contributed by atoms with Crippen molar-refractivity contribution in [1.29, 1.82) is 0 Å². The van der Waals surface area contributed by atoms with E-state index in [4.69, 9.17) is 0 Å². The number of nitrogens with one attached hydrogen (secondary N) is 1. The molecule has 11 heavy (non-hydrogen) atoms. The Hall–Kier alpha value is -0.790. The van der Waals surface area contributed by atoms with Gasteiger partial charge in [0.15, 0.2) is 0 Å². The number of nitrogens with zero attached hydrogens (tertiary/aromatic N) is 1. The Bertz CT molecular complexity index is 189. The maximum absolute atomic E-state index is 4.18. The van der Waals surface area contributed by atoms with Crippen molar-refractivity contribution in [3.63, 3.8) is 0 Å². The van der Waals surface area contributed by atoms with Crippen molar-refractivity contribution in [1.82, 2.24) is 9.97 Å². The topological polar surface area (TPSA) is 28.7 Å². The minimum Gasteiger partial charge on any atom is -0.349 e. The van der Waals surface area contributed by atoms with E-state index in [0.29, 0.717) is 5.92 Å². The lowest BCUT2D eigenvalue weighted by molar-refractivity contribution is 0.410. The Morgan fingerprint density at radius 1 is 1.45 bits per heavy atom. The molecule has 0 aromatic carbocycles. The van der Waals surface area contributed by atoms with Crippen molar-refractivity contribution in [2.24, 2.45) is 11.8 Å². The van der Waals surface area contributed by atoms with Crippen LogP contribution in [0.2, 0.25) is 0 Å². The highest BCUT2D eigenvalue weighted by atomic mass is 14.9. The highest BCUT2D eigenvalue weighted by molar-refractivity contribution is 4.88. The summed E-state index contributed by atoms with van der Waals surface area (Å²) < 4.78 is 0. The smallest absolute Gasteiger partial charge is 0.106 e. The van der Waals surface area contributed by atoms with E-state index in [1.54, 1.807) is 0 Å². The first kappa shape index (κ1) is 8.31. The zero-order valence-corrected chi connectivity index (χ0v) is 7.46. The SMILES string of the molecule is CC(C)C(C)Cc1ncc[nH]1. The van der Waals surface area contributed by atoms with E-state index < -0.39 is 0 Å². The Balaban J connectivity index is 2.43. The first-order valence-electron chi connectivity index (χ1n) is 4.18. The molecule has 0 fully saturated rings. The highest BCUT2D eigenvalue weighted by Gasteiger charge is 2.08. The second-order valence-corrected chi connectivity index (χ2v) is 3.46. The number of H-pyrrole nitrogens is 1. The first-order chi connectivity index (χ1) is 5.20. The van der Waals surface area contributed by atoms with Crippen LogP contribution in [0.1, 0.15) is 26.6 Å². The van der Waals surface area contributed by atoms with Crippen molar-refractivity contribution < 1.29 is 0 Å². The summed E-state index contributed by atoms with van der Waals surface area (Å²) in [4.78, 5) is 7.29. The van der Waals surface area contributed by atoms with Crippen molar-refractivity contribution in [2.45, 2.75) is 27.2 Å². The largest absolute Gasteiger partial charge is 0.349 e. The number of hydrogen-bond acceptors (Lipinski definition) is 1. The minimum absolute atomic E-state index is 0.709. The lowest BCUT2D eigenvalue weighted by atomic mass is 9.95. The zero-order chi connectivity index (χ0) is 8.27. The van der Waals surface area contributed by atoms with Gasteiger partial charge in [0, 0.05) is 18.8 Å². The molecule has 0 radical (unpaired) electrons. The third kappa shape index (κ3) is 2.37. The van der Waals surface area contributed by atoms with E-state index in [1.165, 1.54) is 0 Å². The van der Waals surface area contributed by atoms with Crippen LogP contribution < -0.4 is 0 Å². The van der Waals surface area contributed by atoms with Gasteiger partial charge >= 0.3 is 0 Å². The van der Waals surface area contributed by atoms with E-state index in [0.717, 1.165) is 18.2 Å². The maximum Gasteiger partial charge on any atom is 0.106 e. The molecule has 1 heterocycles. The first-order valence-corrected chi connectivity index (χ1v) is 4.18. The Morgan fingerprint density at radius 3 is 2.64 bits per heavy atom.